The molecule has 34 heavy (non-hydrogen) atoms. The topological polar surface area (TPSA) is 100 Å². The summed E-state index contributed by atoms with van der Waals surface area (Å²) in [7, 11) is 4.79. The van der Waals surface area contributed by atoms with Gasteiger partial charge in [-0.25, -0.2) is 4.68 Å². The lowest BCUT2D eigenvalue weighted by Gasteiger charge is -2.11. The summed E-state index contributed by atoms with van der Waals surface area (Å²) in [5.41, 5.74) is 3.30. The molecule has 174 valence electrons. The zero-order valence-electron chi connectivity index (χ0n) is 19.2. The smallest absolute Gasteiger partial charge is 0.274 e. The number of aromatic nitrogens is 4. The molecule has 4 aromatic rings. The molecule has 0 spiro atoms. The minimum absolute atomic E-state index is 0.223. The van der Waals surface area contributed by atoms with Crippen molar-refractivity contribution in [3.05, 3.63) is 78.2 Å². The van der Waals surface area contributed by atoms with Crippen molar-refractivity contribution in [2.75, 3.05) is 27.9 Å². The molecule has 2 heterocycles. The van der Waals surface area contributed by atoms with E-state index in [9.17, 15) is 4.79 Å². The zero-order valence-corrected chi connectivity index (χ0v) is 19.2. The van der Waals surface area contributed by atoms with E-state index < -0.39 is 0 Å². The molecule has 0 saturated carbocycles. The molecule has 0 aliphatic heterocycles. The number of ether oxygens (including phenoxy) is 3. The molecular weight excluding hydrogens is 434 g/mol. The molecule has 0 radical (unpaired) electrons. The monoisotopic (exact) mass is 459 g/mol. The van der Waals surface area contributed by atoms with Gasteiger partial charge < -0.3 is 19.5 Å². The molecule has 0 fully saturated rings. The Morgan fingerprint density at radius 2 is 1.74 bits per heavy atom. The van der Waals surface area contributed by atoms with Crippen LogP contribution in [-0.4, -0.2) is 53.8 Å². The van der Waals surface area contributed by atoms with Crippen molar-refractivity contribution in [3.63, 3.8) is 0 Å². The van der Waals surface area contributed by atoms with E-state index in [0.29, 0.717) is 35.9 Å². The standard InChI is InChI=1S/C25H25N5O4/c1-32-20-6-4-5-19(16-20)30-24(18-10-12-26-13-11-18)23(28-29-30)25(31)27-14-9-17-7-8-21(33-2)22(15-17)34-3/h4-8,10-13,15-16H,9,14H2,1-3H3,(H,27,31). The van der Waals surface area contributed by atoms with Gasteiger partial charge in [-0.3, -0.25) is 9.78 Å². The summed E-state index contributed by atoms with van der Waals surface area (Å²) in [6.45, 7) is 0.413. The van der Waals surface area contributed by atoms with E-state index >= 15 is 0 Å². The summed E-state index contributed by atoms with van der Waals surface area (Å²) in [6.07, 6.45) is 3.94. The molecule has 0 unspecified atom stereocenters. The third kappa shape index (κ3) is 4.83. The van der Waals surface area contributed by atoms with Gasteiger partial charge in [0.1, 0.15) is 11.4 Å². The molecule has 0 aliphatic carbocycles. The summed E-state index contributed by atoms with van der Waals surface area (Å²) >= 11 is 0. The van der Waals surface area contributed by atoms with E-state index in [4.69, 9.17) is 14.2 Å². The lowest BCUT2D eigenvalue weighted by Crippen LogP contribution is -2.26. The van der Waals surface area contributed by atoms with Crippen LogP contribution in [0, 0.1) is 0 Å². The van der Waals surface area contributed by atoms with Crippen molar-refractivity contribution in [3.8, 4) is 34.2 Å². The SMILES string of the molecule is COc1cccc(-n2nnc(C(=O)NCCc3ccc(OC)c(OC)c3)c2-c2ccncc2)c1. The molecule has 4 rings (SSSR count). The molecule has 0 aliphatic rings. The fraction of sp³-hybridized carbons (Fsp3) is 0.200. The number of pyridine rings is 1. The normalized spacial score (nSPS) is 10.6. The average Bonchev–Trinajstić information content (AvgIpc) is 3.34. The van der Waals surface area contributed by atoms with Crippen LogP contribution < -0.4 is 19.5 Å². The predicted octanol–water partition coefficient (Wildman–Crippen LogP) is 3.33. The molecular formula is C25H25N5O4. The van der Waals surface area contributed by atoms with Gasteiger partial charge in [-0.15, -0.1) is 5.10 Å². The molecule has 0 bridgehead atoms. The van der Waals surface area contributed by atoms with Gasteiger partial charge in [0.25, 0.3) is 5.91 Å². The molecule has 0 atom stereocenters. The van der Waals surface area contributed by atoms with Crippen molar-refractivity contribution in [2.45, 2.75) is 6.42 Å². The second-order valence-electron chi connectivity index (χ2n) is 7.33. The van der Waals surface area contributed by atoms with Gasteiger partial charge in [-0.2, -0.15) is 0 Å². The quantitative estimate of drug-likeness (QED) is 0.410. The number of hydrogen-bond donors (Lipinski definition) is 1. The van der Waals surface area contributed by atoms with Gasteiger partial charge in [-0.1, -0.05) is 17.3 Å². The van der Waals surface area contributed by atoms with Crippen LogP contribution in [0.5, 0.6) is 17.2 Å². The fourth-order valence-corrected chi connectivity index (χ4v) is 3.57. The number of hydrogen-bond acceptors (Lipinski definition) is 7. The van der Waals surface area contributed by atoms with Gasteiger partial charge in [0, 0.05) is 30.6 Å². The first-order valence-electron chi connectivity index (χ1n) is 10.6. The number of nitrogens with one attached hydrogen (secondary N) is 1. The van der Waals surface area contributed by atoms with E-state index in [1.54, 1.807) is 38.4 Å². The first-order chi connectivity index (χ1) is 16.6. The average molecular weight is 460 g/mol. The number of benzene rings is 2. The summed E-state index contributed by atoms with van der Waals surface area (Å²) in [5, 5.41) is 11.4. The van der Waals surface area contributed by atoms with Crippen molar-refractivity contribution < 1.29 is 19.0 Å². The number of carbonyl (C=O) groups is 1. The Balaban J connectivity index is 1.57. The van der Waals surface area contributed by atoms with E-state index in [1.165, 1.54) is 0 Å². The number of carbonyl (C=O) groups excluding carboxylic acids is 1. The number of amides is 1. The largest absolute Gasteiger partial charge is 0.497 e. The first kappa shape index (κ1) is 22.8. The maximum atomic E-state index is 13.1. The number of nitrogens with zero attached hydrogens (tertiary/aromatic N) is 4. The Bertz CT molecular complexity index is 1270. The van der Waals surface area contributed by atoms with Gasteiger partial charge in [-0.05, 0) is 48.4 Å². The van der Waals surface area contributed by atoms with E-state index in [2.05, 4.69) is 20.6 Å². The van der Waals surface area contributed by atoms with Crippen LogP contribution in [0.15, 0.2) is 67.0 Å². The van der Waals surface area contributed by atoms with Crippen LogP contribution in [-0.2, 0) is 6.42 Å². The van der Waals surface area contributed by atoms with Crippen LogP contribution in [0.3, 0.4) is 0 Å². The van der Waals surface area contributed by atoms with Crippen LogP contribution >= 0.6 is 0 Å². The maximum absolute atomic E-state index is 13.1. The molecule has 0 saturated heterocycles. The second-order valence-corrected chi connectivity index (χ2v) is 7.33. The van der Waals surface area contributed by atoms with Crippen molar-refractivity contribution in [2.24, 2.45) is 0 Å². The van der Waals surface area contributed by atoms with Crippen molar-refractivity contribution in [1.82, 2.24) is 25.3 Å². The summed E-state index contributed by atoms with van der Waals surface area (Å²) in [5.74, 6) is 1.66. The van der Waals surface area contributed by atoms with Crippen LogP contribution in [0.1, 0.15) is 16.1 Å². The molecule has 1 N–H and O–H groups in total. The van der Waals surface area contributed by atoms with Crippen LogP contribution in [0.2, 0.25) is 0 Å². The van der Waals surface area contributed by atoms with Gasteiger partial charge in [0.2, 0.25) is 0 Å². The highest BCUT2D eigenvalue weighted by Crippen LogP contribution is 2.28. The minimum atomic E-state index is -0.318. The summed E-state index contributed by atoms with van der Waals surface area (Å²) in [6, 6.07) is 16.7. The highest BCUT2D eigenvalue weighted by atomic mass is 16.5. The van der Waals surface area contributed by atoms with Crippen molar-refractivity contribution >= 4 is 5.91 Å². The summed E-state index contributed by atoms with van der Waals surface area (Å²) < 4.78 is 17.6. The Labute approximate surface area is 197 Å². The fourth-order valence-electron chi connectivity index (χ4n) is 3.57. The number of rotatable bonds is 9. The Morgan fingerprint density at radius 3 is 2.47 bits per heavy atom. The highest BCUT2D eigenvalue weighted by molar-refractivity contribution is 5.98. The molecule has 2 aromatic carbocycles. The van der Waals surface area contributed by atoms with Gasteiger partial charge in [0.05, 0.1) is 27.0 Å². The van der Waals surface area contributed by atoms with E-state index in [0.717, 1.165) is 16.8 Å². The second kappa shape index (κ2) is 10.5. The Morgan fingerprint density at radius 1 is 0.941 bits per heavy atom. The van der Waals surface area contributed by atoms with Crippen molar-refractivity contribution in [1.29, 1.82) is 0 Å². The number of methoxy groups -OCH3 is 3. The lowest BCUT2D eigenvalue weighted by atomic mass is 10.1. The Hall–Kier alpha value is -4.40. The van der Waals surface area contributed by atoms with E-state index in [-0.39, 0.29) is 11.6 Å². The molecule has 9 nitrogen and oxygen atoms in total. The first-order valence-corrected chi connectivity index (χ1v) is 10.6. The third-order valence-corrected chi connectivity index (χ3v) is 5.28. The van der Waals surface area contributed by atoms with E-state index in [1.807, 2.05) is 54.6 Å². The van der Waals surface area contributed by atoms with Gasteiger partial charge in [0.15, 0.2) is 17.2 Å². The van der Waals surface area contributed by atoms with Gasteiger partial charge >= 0.3 is 0 Å². The zero-order chi connectivity index (χ0) is 23.9. The third-order valence-electron chi connectivity index (χ3n) is 5.28. The van der Waals surface area contributed by atoms with Crippen LogP contribution in [0.25, 0.3) is 16.9 Å². The Kier molecular flexibility index (Phi) is 7.02. The maximum Gasteiger partial charge on any atom is 0.274 e. The molecule has 2 aromatic heterocycles. The predicted molar refractivity (Wildman–Crippen MR) is 127 cm³/mol. The van der Waals surface area contributed by atoms with Crippen LogP contribution in [0.4, 0.5) is 0 Å². The highest BCUT2D eigenvalue weighted by Gasteiger charge is 2.22. The molecule has 1 amide bonds. The lowest BCUT2D eigenvalue weighted by molar-refractivity contribution is 0.0949. The minimum Gasteiger partial charge on any atom is -0.497 e. The summed E-state index contributed by atoms with van der Waals surface area (Å²) in [4.78, 5) is 17.2. The molecule has 9 heteroatoms.